The van der Waals surface area contributed by atoms with Crippen molar-refractivity contribution in [2.45, 2.75) is 5.03 Å². The van der Waals surface area contributed by atoms with E-state index in [0.717, 1.165) is 16.5 Å². The third-order valence-corrected chi connectivity index (χ3v) is 6.18. The van der Waals surface area contributed by atoms with Gasteiger partial charge in [-0.1, -0.05) is 47.5 Å². The average molecular weight is 430 g/mol. The first-order valence-corrected chi connectivity index (χ1v) is 10.5. The van der Waals surface area contributed by atoms with Gasteiger partial charge in [-0.3, -0.25) is 9.71 Å². The fourth-order valence-electron chi connectivity index (χ4n) is 2.87. The lowest BCUT2D eigenvalue weighted by atomic mass is 10.00. The van der Waals surface area contributed by atoms with Crippen molar-refractivity contribution in [1.82, 2.24) is 9.97 Å². The Morgan fingerprint density at radius 1 is 0.821 bits per heavy atom. The second kappa shape index (κ2) is 7.39. The second-order valence-electron chi connectivity index (χ2n) is 5.96. The maximum absolute atomic E-state index is 12.6. The van der Waals surface area contributed by atoms with Gasteiger partial charge < -0.3 is 0 Å². The van der Waals surface area contributed by atoms with E-state index >= 15 is 0 Å². The van der Waals surface area contributed by atoms with E-state index in [1.807, 2.05) is 18.2 Å². The van der Waals surface area contributed by atoms with Crippen molar-refractivity contribution >= 4 is 49.8 Å². The summed E-state index contributed by atoms with van der Waals surface area (Å²) in [5, 5.41) is 1.62. The van der Waals surface area contributed by atoms with E-state index in [9.17, 15) is 8.42 Å². The van der Waals surface area contributed by atoms with Crippen LogP contribution in [0.1, 0.15) is 0 Å². The van der Waals surface area contributed by atoms with Gasteiger partial charge in [-0.05, 0) is 47.5 Å². The zero-order valence-corrected chi connectivity index (χ0v) is 16.6. The van der Waals surface area contributed by atoms with Crippen LogP contribution in [0.15, 0.2) is 78.1 Å². The molecule has 0 aliphatic heterocycles. The quantitative estimate of drug-likeness (QED) is 0.470. The number of sulfonamides is 1. The standard InChI is InChI=1S/C20H13Cl2N3O2S/c21-16-8-6-13(12-17(16)22)14-7-9-18(20-15(14)4-3-11-24-20)25-28(26,27)19-5-1-2-10-23-19/h1-12,25H. The number of hydrogen-bond donors (Lipinski definition) is 1. The summed E-state index contributed by atoms with van der Waals surface area (Å²) in [6.07, 6.45) is 3.04. The topological polar surface area (TPSA) is 72.0 Å². The van der Waals surface area contributed by atoms with Crippen LogP contribution < -0.4 is 4.72 Å². The Bertz CT molecular complexity index is 1280. The van der Waals surface area contributed by atoms with Crippen LogP contribution in [0, 0.1) is 0 Å². The molecule has 0 aliphatic rings. The van der Waals surface area contributed by atoms with Crippen molar-refractivity contribution in [3.8, 4) is 11.1 Å². The fourth-order valence-corrected chi connectivity index (χ4v) is 4.19. The molecule has 0 spiro atoms. The molecule has 0 bridgehead atoms. The molecule has 0 saturated heterocycles. The van der Waals surface area contributed by atoms with Gasteiger partial charge in [0.15, 0.2) is 5.03 Å². The molecule has 1 N–H and O–H groups in total. The molecule has 0 saturated carbocycles. The van der Waals surface area contributed by atoms with Crippen LogP contribution in [0.5, 0.6) is 0 Å². The molecule has 2 heterocycles. The Labute approximate surface area is 172 Å². The Morgan fingerprint density at radius 3 is 2.39 bits per heavy atom. The van der Waals surface area contributed by atoms with Gasteiger partial charge in [0.25, 0.3) is 10.0 Å². The molecule has 0 amide bonds. The minimum Gasteiger partial charge on any atom is -0.276 e. The van der Waals surface area contributed by atoms with Gasteiger partial charge in [-0.2, -0.15) is 8.42 Å². The summed E-state index contributed by atoms with van der Waals surface area (Å²) in [5.41, 5.74) is 2.60. The first-order chi connectivity index (χ1) is 13.5. The summed E-state index contributed by atoms with van der Waals surface area (Å²) in [6, 6.07) is 17.2. The van der Waals surface area contributed by atoms with Crippen LogP contribution in [0.3, 0.4) is 0 Å². The third-order valence-electron chi connectivity index (χ3n) is 4.16. The number of nitrogens with one attached hydrogen (secondary N) is 1. The zero-order valence-electron chi connectivity index (χ0n) is 14.3. The molecule has 140 valence electrons. The lowest BCUT2D eigenvalue weighted by Gasteiger charge is -2.13. The summed E-state index contributed by atoms with van der Waals surface area (Å²) in [5.74, 6) is 0. The molecule has 8 heteroatoms. The first-order valence-electron chi connectivity index (χ1n) is 8.23. The molecule has 2 aromatic carbocycles. The number of hydrogen-bond acceptors (Lipinski definition) is 4. The summed E-state index contributed by atoms with van der Waals surface area (Å²) in [6.45, 7) is 0. The summed E-state index contributed by atoms with van der Waals surface area (Å²) >= 11 is 12.2. The number of pyridine rings is 2. The lowest BCUT2D eigenvalue weighted by molar-refractivity contribution is 0.597. The van der Waals surface area contributed by atoms with Crippen molar-refractivity contribution in [1.29, 1.82) is 0 Å². The van der Waals surface area contributed by atoms with Gasteiger partial charge in [0.05, 0.1) is 21.2 Å². The number of fused-ring (bicyclic) bond motifs is 1. The highest BCUT2D eigenvalue weighted by Gasteiger charge is 2.18. The fraction of sp³-hybridized carbons (Fsp3) is 0. The van der Waals surface area contributed by atoms with Gasteiger partial charge in [0, 0.05) is 17.8 Å². The minimum absolute atomic E-state index is 0.0624. The monoisotopic (exact) mass is 429 g/mol. The summed E-state index contributed by atoms with van der Waals surface area (Å²) < 4.78 is 27.9. The molecular weight excluding hydrogens is 417 g/mol. The summed E-state index contributed by atoms with van der Waals surface area (Å²) in [7, 11) is -3.83. The van der Waals surface area contributed by atoms with Crippen LogP contribution >= 0.6 is 23.2 Å². The van der Waals surface area contributed by atoms with Gasteiger partial charge in [0.2, 0.25) is 0 Å². The molecule has 28 heavy (non-hydrogen) atoms. The zero-order chi connectivity index (χ0) is 19.7. The van der Waals surface area contributed by atoms with Gasteiger partial charge in [-0.15, -0.1) is 0 Å². The first kappa shape index (κ1) is 18.7. The van der Waals surface area contributed by atoms with Crippen LogP contribution in [0.2, 0.25) is 10.0 Å². The number of anilines is 1. The van der Waals surface area contributed by atoms with E-state index in [0.29, 0.717) is 21.2 Å². The van der Waals surface area contributed by atoms with Crippen molar-refractivity contribution in [2.75, 3.05) is 4.72 Å². The molecule has 4 aromatic rings. The van der Waals surface area contributed by atoms with Crippen molar-refractivity contribution in [3.05, 3.63) is 83.1 Å². The molecule has 2 aromatic heterocycles. The van der Waals surface area contributed by atoms with Crippen LogP contribution in [-0.4, -0.2) is 18.4 Å². The lowest BCUT2D eigenvalue weighted by Crippen LogP contribution is -2.14. The maximum Gasteiger partial charge on any atom is 0.279 e. The largest absolute Gasteiger partial charge is 0.279 e. The normalized spacial score (nSPS) is 11.5. The highest BCUT2D eigenvalue weighted by molar-refractivity contribution is 7.92. The Kier molecular flexibility index (Phi) is 4.93. The Hall–Kier alpha value is -2.67. The predicted octanol–water partition coefficient (Wildman–Crippen LogP) is 5.40. The van der Waals surface area contributed by atoms with Crippen LogP contribution in [-0.2, 0) is 10.0 Å². The number of rotatable bonds is 4. The number of nitrogens with zero attached hydrogens (tertiary/aromatic N) is 2. The Morgan fingerprint density at radius 2 is 1.64 bits per heavy atom. The number of halogens is 2. The van der Waals surface area contributed by atoms with E-state index in [4.69, 9.17) is 23.2 Å². The second-order valence-corrected chi connectivity index (χ2v) is 8.41. The van der Waals surface area contributed by atoms with Crippen LogP contribution in [0.4, 0.5) is 5.69 Å². The van der Waals surface area contributed by atoms with Crippen molar-refractivity contribution in [3.63, 3.8) is 0 Å². The molecule has 0 unspecified atom stereocenters. The molecule has 5 nitrogen and oxygen atoms in total. The highest BCUT2D eigenvalue weighted by Crippen LogP contribution is 2.35. The maximum atomic E-state index is 12.6. The molecular formula is C20H13Cl2N3O2S. The number of benzene rings is 2. The van der Waals surface area contributed by atoms with Crippen molar-refractivity contribution < 1.29 is 8.42 Å². The van der Waals surface area contributed by atoms with Crippen LogP contribution in [0.25, 0.3) is 22.0 Å². The third kappa shape index (κ3) is 3.54. The molecule has 0 aliphatic carbocycles. The van der Waals surface area contributed by atoms with E-state index < -0.39 is 10.0 Å². The SMILES string of the molecule is O=S(=O)(Nc1ccc(-c2ccc(Cl)c(Cl)c2)c2cccnc12)c1ccccn1. The molecule has 4 rings (SSSR count). The minimum atomic E-state index is -3.83. The van der Waals surface area contributed by atoms with E-state index in [1.165, 1.54) is 12.3 Å². The Balaban J connectivity index is 1.83. The smallest absolute Gasteiger partial charge is 0.276 e. The molecule has 0 radical (unpaired) electrons. The predicted molar refractivity (Wildman–Crippen MR) is 112 cm³/mol. The molecule has 0 atom stereocenters. The van der Waals surface area contributed by atoms with Gasteiger partial charge in [0.1, 0.15) is 0 Å². The van der Waals surface area contributed by atoms with Gasteiger partial charge in [-0.25, -0.2) is 4.98 Å². The highest BCUT2D eigenvalue weighted by atomic mass is 35.5. The van der Waals surface area contributed by atoms with E-state index in [2.05, 4.69) is 14.7 Å². The average Bonchev–Trinajstić information content (AvgIpc) is 2.71. The van der Waals surface area contributed by atoms with Gasteiger partial charge >= 0.3 is 0 Å². The van der Waals surface area contributed by atoms with E-state index in [1.54, 1.807) is 42.6 Å². The van der Waals surface area contributed by atoms with Crippen molar-refractivity contribution in [2.24, 2.45) is 0 Å². The summed E-state index contributed by atoms with van der Waals surface area (Å²) in [4.78, 5) is 8.29. The number of aromatic nitrogens is 2. The van der Waals surface area contributed by atoms with E-state index in [-0.39, 0.29) is 5.03 Å². The molecule has 0 fully saturated rings.